The first-order chi connectivity index (χ1) is 14.0. The average molecular weight is 401 g/mol. The zero-order chi connectivity index (χ0) is 21.0. The van der Waals surface area contributed by atoms with Crippen LogP contribution in [0, 0.1) is 0 Å². The van der Waals surface area contributed by atoms with Gasteiger partial charge in [0.15, 0.2) is 11.5 Å². The number of fused-ring (bicyclic) bond motifs is 1. The van der Waals surface area contributed by atoms with E-state index < -0.39 is 5.97 Å². The van der Waals surface area contributed by atoms with Crippen LogP contribution < -0.4 is 33.7 Å². The van der Waals surface area contributed by atoms with E-state index in [4.69, 9.17) is 28.4 Å². The highest BCUT2D eigenvalue weighted by molar-refractivity contribution is 5.93. The molecular weight excluding hydrogens is 378 g/mol. The van der Waals surface area contributed by atoms with Crippen molar-refractivity contribution in [2.75, 3.05) is 40.9 Å². The molecule has 0 atom stereocenters. The lowest BCUT2D eigenvalue weighted by Gasteiger charge is -2.21. The van der Waals surface area contributed by atoms with Gasteiger partial charge in [-0.1, -0.05) is 0 Å². The monoisotopic (exact) mass is 401 g/mol. The standard InChI is InChI=1S/C21H23NO7/c1-24-13-7-16-15(17(8-13)25-2)6-12(11-22-16)21(23)29-14-9-18(26-3)20(28-5)19(10-14)27-4/h7-11,22H,6H2,1-5H3. The Morgan fingerprint density at radius 1 is 0.793 bits per heavy atom. The highest BCUT2D eigenvalue weighted by atomic mass is 16.5. The molecule has 1 aliphatic rings. The van der Waals surface area contributed by atoms with Crippen LogP contribution in [0.1, 0.15) is 5.56 Å². The number of methoxy groups -OCH3 is 5. The molecule has 0 saturated carbocycles. The third-order valence-electron chi connectivity index (χ3n) is 4.52. The van der Waals surface area contributed by atoms with Gasteiger partial charge in [-0.05, 0) is 0 Å². The van der Waals surface area contributed by atoms with Crippen molar-refractivity contribution in [2.45, 2.75) is 6.42 Å². The molecule has 8 heteroatoms. The second-order valence-corrected chi connectivity index (χ2v) is 6.10. The summed E-state index contributed by atoms with van der Waals surface area (Å²) in [6.07, 6.45) is 1.96. The fourth-order valence-corrected chi connectivity index (χ4v) is 3.06. The van der Waals surface area contributed by atoms with E-state index in [1.165, 1.54) is 21.3 Å². The summed E-state index contributed by atoms with van der Waals surface area (Å²) in [6.45, 7) is 0. The van der Waals surface area contributed by atoms with Crippen LogP contribution in [0.4, 0.5) is 5.69 Å². The quantitative estimate of drug-likeness (QED) is 0.559. The molecule has 0 aliphatic carbocycles. The molecule has 154 valence electrons. The van der Waals surface area contributed by atoms with E-state index in [1.807, 2.05) is 6.07 Å². The number of carbonyl (C=O) groups is 1. The molecule has 0 spiro atoms. The number of ether oxygens (including phenoxy) is 6. The molecule has 0 bridgehead atoms. The summed E-state index contributed by atoms with van der Waals surface area (Å²) in [6, 6.07) is 6.74. The Labute approximate surface area is 168 Å². The van der Waals surface area contributed by atoms with Gasteiger partial charge in [0.25, 0.3) is 0 Å². The zero-order valence-electron chi connectivity index (χ0n) is 17.0. The first-order valence-electron chi connectivity index (χ1n) is 8.77. The van der Waals surface area contributed by atoms with Gasteiger partial charge in [0.2, 0.25) is 5.75 Å². The Hall–Kier alpha value is -3.55. The van der Waals surface area contributed by atoms with Gasteiger partial charge in [0.1, 0.15) is 17.2 Å². The molecule has 29 heavy (non-hydrogen) atoms. The topological polar surface area (TPSA) is 84.5 Å². The molecule has 0 unspecified atom stereocenters. The Bertz CT molecular complexity index is 927. The SMILES string of the molecule is COc1cc2c(c(OC)c1)CC(C(=O)Oc1cc(OC)c(OC)c(OC)c1)=CN2. The third-order valence-corrected chi connectivity index (χ3v) is 4.52. The number of rotatable bonds is 7. The molecule has 1 aliphatic heterocycles. The van der Waals surface area contributed by atoms with Crippen LogP contribution in [-0.2, 0) is 11.2 Å². The van der Waals surface area contributed by atoms with Crippen molar-refractivity contribution in [1.82, 2.24) is 0 Å². The summed E-state index contributed by atoms with van der Waals surface area (Å²) >= 11 is 0. The maximum Gasteiger partial charge on any atom is 0.341 e. The summed E-state index contributed by atoms with van der Waals surface area (Å²) in [5.74, 6) is 2.26. The number of esters is 1. The van der Waals surface area contributed by atoms with Crippen molar-refractivity contribution in [3.05, 3.63) is 41.6 Å². The van der Waals surface area contributed by atoms with Gasteiger partial charge < -0.3 is 33.7 Å². The van der Waals surface area contributed by atoms with Gasteiger partial charge in [-0.25, -0.2) is 4.79 Å². The highest BCUT2D eigenvalue weighted by Gasteiger charge is 2.23. The van der Waals surface area contributed by atoms with Crippen LogP contribution in [0.3, 0.4) is 0 Å². The first kappa shape index (κ1) is 20.2. The second-order valence-electron chi connectivity index (χ2n) is 6.10. The molecule has 0 saturated heterocycles. The Morgan fingerprint density at radius 2 is 1.41 bits per heavy atom. The van der Waals surface area contributed by atoms with Crippen LogP contribution >= 0.6 is 0 Å². The largest absolute Gasteiger partial charge is 0.497 e. The maximum atomic E-state index is 12.7. The minimum atomic E-state index is -0.504. The minimum absolute atomic E-state index is 0.276. The predicted molar refractivity (Wildman–Crippen MR) is 107 cm³/mol. The van der Waals surface area contributed by atoms with E-state index in [2.05, 4.69) is 5.32 Å². The zero-order valence-corrected chi connectivity index (χ0v) is 17.0. The number of hydrogen-bond acceptors (Lipinski definition) is 8. The molecule has 2 aromatic carbocycles. The van der Waals surface area contributed by atoms with Gasteiger partial charge in [0, 0.05) is 48.1 Å². The number of carbonyl (C=O) groups excluding carboxylic acids is 1. The smallest absolute Gasteiger partial charge is 0.341 e. The van der Waals surface area contributed by atoms with E-state index in [0.717, 1.165) is 11.3 Å². The van der Waals surface area contributed by atoms with Crippen molar-refractivity contribution < 1.29 is 33.2 Å². The van der Waals surface area contributed by atoms with Crippen molar-refractivity contribution in [2.24, 2.45) is 0 Å². The van der Waals surface area contributed by atoms with E-state index >= 15 is 0 Å². The summed E-state index contributed by atoms with van der Waals surface area (Å²) < 4.78 is 32.1. The Morgan fingerprint density at radius 3 is 1.97 bits per heavy atom. The summed E-state index contributed by atoms with van der Waals surface area (Å²) in [5, 5.41) is 3.10. The van der Waals surface area contributed by atoms with E-state index in [9.17, 15) is 4.79 Å². The van der Waals surface area contributed by atoms with Crippen LogP contribution in [0.25, 0.3) is 0 Å². The Kier molecular flexibility index (Phi) is 6.01. The maximum absolute atomic E-state index is 12.7. The van der Waals surface area contributed by atoms with Crippen molar-refractivity contribution in [1.29, 1.82) is 0 Å². The first-order valence-corrected chi connectivity index (χ1v) is 8.77. The molecule has 8 nitrogen and oxygen atoms in total. The normalized spacial score (nSPS) is 12.1. The molecule has 0 radical (unpaired) electrons. The van der Waals surface area contributed by atoms with Gasteiger partial charge in [-0.15, -0.1) is 0 Å². The van der Waals surface area contributed by atoms with Crippen molar-refractivity contribution in [3.8, 4) is 34.5 Å². The van der Waals surface area contributed by atoms with Crippen molar-refractivity contribution in [3.63, 3.8) is 0 Å². The summed E-state index contributed by atoms with van der Waals surface area (Å²) in [7, 11) is 7.65. The minimum Gasteiger partial charge on any atom is -0.497 e. The van der Waals surface area contributed by atoms with Crippen LogP contribution in [0.5, 0.6) is 34.5 Å². The average Bonchev–Trinajstić information content (AvgIpc) is 2.76. The van der Waals surface area contributed by atoms with Gasteiger partial charge in [-0.3, -0.25) is 0 Å². The lowest BCUT2D eigenvalue weighted by Crippen LogP contribution is -2.18. The molecule has 1 heterocycles. The third kappa shape index (κ3) is 4.01. The lowest BCUT2D eigenvalue weighted by atomic mass is 9.99. The Balaban J connectivity index is 1.84. The molecule has 0 amide bonds. The number of hydrogen-bond donors (Lipinski definition) is 1. The van der Waals surface area contributed by atoms with Crippen LogP contribution in [-0.4, -0.2) is 41.5 Å². The molecular formula is C21H23NO7. The predicted octanol–water partition coefficient (Wildman–Crippen LogP) is 3.19. The molecule has 2 aromatic rings. The number of anilines is 1. The second kappa shape index (κ2) is 8.64. The van der Waals surface area contributed by atoms with Gasteiger partial charge in [-0.2, -0.15) is 0 Å². The fraction of sp³-hybridized carbons (Fsp3) is 0.286. The summed E-state index contributed by atoms with van der Waals surface area (Å²) in [5.41, 5.74) is 2.09. The van der Waals surface area contributed by atoms with E-state index in [0.29, 0.717) is 40.7 Å². The fourth-order valence-electron chi connectivity index (χ4n) is 3.06. The lowest BCUT2D eigenvalue weighted by molar-refractivity contribution is -0.130. The van der Waals surface area contributed by atoms with E-state index in [-0.39, 0.29) is 5.75 Å². The molecule has 0 fully saturated rings. The highest BCUT2D eigenvalue weighted by Crippen LogP contribution is 2.41. The molecule has 3 rings (SSSR count). The van der Waals surface area contributed by atoms with E-state index in [1.54, 1.807) is 38.6 Å². The van der Waals surface area contributed by atoms with Crippen LogP contribution in [0.2, 0.25) is 0 Å². The number of nitrogens with one attached hydrogen (secondary N) is 1. The molecule has 1 N–H and O–H groups in total. The molecule has 0 aromatic heterocycles. The van der Waals surface area contributed by atoms with Gasteiger partial charge in [0.05, 0.1) is 41.1 Å². The number of benzene rings is 2. The summed E-state index contributed by atoms with van der Waals surface area (Å²) in [4.78, 5) is 12.7. The van der Waals surface area contributed by atoms with Gasteiger partial charge >= 0.3 is 5.97 Å². The van der Waals surface area contributed by atoms with Crippen molar-refractivity contribution >= 4 is 11.7 Å². The van der Waals surface area contributed by atoms with Crippen LogP contribution in [0.15, 0.2) is 36.0 Å².